The van der Waals surface area contributed by atoms with Gasteiger partial charge in [-0.25, -0.2) is 0 Å². The van der Waals surface area contributed by atoms with Crippen LogP contribution in [0.2, 0.25) is 0 Å². The van der Waals surface area contributed by atoms with Crippen molar-refractivity contribution in [3.8, 4) is 0 Å². The van der Waals surface area contributed by atoms with Gasteiger partial charge in [-0.15, -0.1) is 0 Å². The molecule has 0 spiro atoms. The summed E-state index contributed by atoms with van der Waals surface area (Å²) in [5.74, 6) is -0.236. The van der Waals surface area contributed by atoms with E-state index in [1.54, 1.807) is 6.08 Å². The molecule has 0 aromatic carbocycles. The third-order valence-corrected chi connectivity index (χ3v) is 11.9. The molecule has 0 heterocycles. The Morgan fingerprint density at radius 1 is 0.507 bits per heavy atom. The van der Waals surface area contributed by atoms with Gasteiger partial charge in [0.25, 0.3) is 7.82 Å². The van der Waals surface area contributed by atoms with E-state index in [9.17, 15) is 19.4 Å². The van der Waals surface area contributed by atoms with Crippen LogP contribution in [0.15, 0.2) is 158 Å². The number of likely N-dealkylation sites (N-methyl/N-ethyl adjacent to an activating group) is 1. The van der Waals surface area contributed by atoms with Gasteiger partial charge in [0.1, 0.15) is 13.2 Å². The minimum Gasteiger partial charge on any atom is -0.756 e. The fourth-order valence-corrected chi connectivity index (χ4v) is 7.39. The molecule has 1 amide bonds. The predicted molar refractivity (Wildman–Crippen MR) is 306 cm³/mol. The number of unbranched alkanes of at least 4 members (excludes halogenated alkanes) is 10. The molecule has 3 atom stereocenters. The highest BCUT2D eigenvalue weighted by Gasteiger charge is 2.23. The van der Waals surface area contributed by atoms with Crippen LogP contribution in [0.25, 0.3) is 0 Å². The summed E-state index contributed by atoms with van der Waals surface area (Å²) in [5, 5.41) is 13.8. The highest BCUT2D eigenvalue weighted by molar-refractivity contribution is 7.45. The Morgan fingerprint density at radius 2 is 0.873 bits per heavy atom. The van der Waals surface area contributed by atoms with Gasteiger partial charge in [-0.1, -0.05) is 210 Å². The van der Waals surface area contributed by atoms with Crippen LogP contribution in [-0.4, -0.2) is 68.5 Å². The lowest BCUT2D eigenvalue weighted by atomic mass is 10.1. The van der Waals surface area contributed by atoms with Gasteiger partial charge in [0.05, 0.1) is 39.9 Å². The number of quaternary nitrogens is 1. The van der Waals surface area contributed by atoms with Crippen molar-refractivity contribution >= 4 is 13.7 Å². The number of aliphatic hydroxyl groups excluding tert-OH is 1. The predicted octanol–water partition coefficient (Wildman–Crippen LogP) is 16.1. The first-order valence-corrected chi connectivity index (χ1v) is 28.8. The van der Waals surface area contributed by atoms with Crippen LogP contribution >= 0.6 is 7.82 Å². The summed E-state index contributed by atoms with van der Waals surface area (Å²) >= 11 is 0. The zero-order valence-corrected chi connectivity index (χ0v) is 46.2. The van der Waals surface area contributed by atoms with Crippen molar-refractivity contribution in [2.75, 3.05) is 40.9 Å². The molecule has 9 heteroatoms. The van der Waals surface area contributed by atoms with Crippen molar-refractivity contribution in [3.63, 3.8) is 0 Å². The molecule has 0 rings (SSSR count). The van der Waals surface area contributed by atoms with E-state index in [1.165, 1.54) is 12.8 Å². The number of nitrogens with one attached hydrogen (secondary N) is 1. The second-order valence-electron chi connectivity index (χ2n) is 18.8. The van der Waals surface area contributed by atoms with Crippen molar-refractivity contribution < 1.29 is 32.9 Å². The smallest absolute Gasteiger partial charge is 0.268 e. The third-order valence-electron chi connectivity index (χ3n) is 10.9. The number of allylic oxidation sites excluding steroid dienone is 25. The highest BCUT2D eigenvalue weighted by Crippen LogP contribution is 2.38. The maximum absolute atomic E-state index is 12.9. The van der Waals surface area contributed by atoms with Crippen molar-refractivity contribution in [2.24, 2.45) is 0 Å². The summed E-state index contributed by atoms with van der Waals surface area (Å²) in [7, 11) is 1.19. The second kappa shape index (κ2) is 51.0. The Labute approximate surface area is 435 Å². The van der Waals surface area contributed by atoms with Crippen LogP contribution in [0.4, 0.5) is 0 Å². The lowest BCUT2D eigenvalue weighted by molar-refractivity contribution is -0.870. The summed E-state index contributed by atoms with van der Waals surface area (Å²) in [6.07, 6.45) is 80.4. The number of carbonyl (C=O) groups excluding carboxylic acids is 1. The number of phosphoric acid groups is 1. The lowest BCUT2D eigenvalue weighted by Crippen LogP contribution is -2.45. The summed E-state index contributed by atoms with van der Waals surface area (Å²) in [4.78, 5) is 25.4. The fraction of sp³-hybridized carbons (Fsp3) is 0.565. The molecule has 0 bridgehead atoms. The number of aliphatic hydroxyl groups is 1. The van der Waals surface area contributed by atoms with E-state index in [0.29, 0.717) is 23.9 Å². The quantitative estimate of drug-likeness (QED) is 0.0272. The van der Waals surface area contributed by atoms with Crippen LogP contribution in [0, 0.1) is 0 Å². The SMILES string of the molecule is CC/C=C\C/C=C\C/C=C\C/C=C\C/C=C\C/C=C\C/C=C\C/C=C\C/C=C\C/C=C\CCCCCCCCC(=O)NC(COP(=O)([O-])OCC[N+](C)(C)C)C(O)/C=C/CC/C=C/CC/C=C/CCCC. The van der Waals surface area contributed by atoms with Gasteiger partial charge in [0.15, 0.2) is 0 Å². The van der Waals surface area contributed by atoms with E-state index in [-0.39, 0.29) is 12.5 Å². The molecule has 8 nitrogen and oxygen atoms in total. The van der Waals surface area contributed by atoms with Crippen LogP contribution < -0.4 is 10.2 Å². The van der Waals surface area contributed by atoms with E-state index in [1.807, 2.05) is 27.2 Å². The fourth-order valence-electron chi connectivity index (χ4n) is 6.67. The van der Waals surface area contributed by atoms with Gasteiger partial charge in [0, 0.05) is 6.42 Å². The molecule has 2 N–H and O–H groups in total. The van der Waals surface area contributed by atoms with E-state index in [2.05, 4.69) is 165 Å². The van der Waals surface area contributed by atoms with Gasteiger partial charge in [0.2, 0.25) is 5.91 Å². The zero-order valence-electron chi connectivity index (χ0n) is 45.3. The van der Waals surface area contributed by atoms with Crippen molar-refractivity contribution in [1.82, 2.24) is 5.32 Å². The first kappa shape index (κ1) is 67.1. The number of hydrogen-bond acceptors (Lipinski definition) is 6. The Bertz CT molecular complexity index is 1700. The standard InChI is InChI=1S/C62H101N2O6P/c1-6-8-10-12-14-16-18-20-21-22-23-24-25-26-27-28-29-30-31-32-33-34-35-36-37-38-39-40-41-42-43-44-46-48-50-52-54-56-62(66)63-60(59-70-71(67,68)69-58-57-64(3,4)5)61(65)55-53-51-49-47-45-19-17-15-13-11-9-7-2/h8,10,13-16,20-21,23-24,26-27,29-30,32-33,35-36,38-39,41-42,45,47,53,55,60-61,65H,6-7,9,11-12,17-19,22,25,28,31,34,37,40,43-44,46,48-52,54,56-59H2,1-5H3,(H-,63,66,67,68)/b10-8-,15-13+,16-14-,21-20-,24-23-,27-26-,30-29-,33-32-,36-35-,39-38-,42-41-,47-45+,55-53+. The monoisotopic (exact) mass is 1000 g/mol. The highest BCUT2D eigenvalue weighted by atomic mass is 31.2. The first-order chi connectivity index (χ1) is 34.5. The maximum atomic E-state index is 12.9. The molecular formula is C62H101N2O6P. The molecule has 71 heavy (non-hydrogen) atoms. The zero-order chi connectivity index (χ0) is 52.0. The van der Waals surface area contributed by atoms with E-state index < -0.39 is 26.6 Å². The molecule has 3 unspecified atom stereocenters. The van der Waals surface area contributed by atoms with Crippen LogP contribution in [0.1, 0.15) is 174 Å². The molecule has 400 valence electrons. The Morgan fingerprint density at radius 3 is 1.31 bits per heavy atom. The maximum Gasteiger partial charge on any atom is 0.268 e. The summed E-state index contributed by atoms with van der Waals surface area (Å²) in [6, 6.07) is -0.929. The van der Waals surface area contributed by atoms with Gasteiger partial charge in [-0.2, -0.15) is 0 Å². The van der Waals surface area contributed by atoms with Gasteiger partial charge >= 0.3 is 0 Å². The summed E-state index contributed by atoms with van der Waals surface area (Å²) in [6.45, 7) is 4.40. The third kappa shape index (κ3) is 53.7. The summed E-state index contributed by atoms with van der Waals surface area (Å²) in [5.41, 5.74) is 0. The van der Waals surface area contributed by atoms with Crippen molar-refractivity contribution in [2.45, 2.75) is 187 Å². The minimum absolute atomic E-state index is 0.0213. The molecule has 0 aliphatic carbocycles. The average Bonchev–Trinajstić information content (AvgIpc) is 3.33. The largest absolute Gasteiger partial charge is 0.756 e. The van der Waals surface area contributed by atoms with Crippen molar-refractivity contribution in [3.05, 3.63) is 158 Å². The number of rotatable bonds is 47. The Kier molecular flexibility index (Phi) is 48.2. The number of hydrogen-bond donors (Lipinski definition) is 2. The molecule has 0 aliphatic heterocycles. The van der Waals surface area contributed by atoms with Gasteiger partial charge < -0.3 is 28.8 Å². The molecular weight excluding hydrogens is 900 g/mol. The number of phosphoric ester groups is 1. The normalized spacial score (nSPS) is 15.2. The molecule has 0 fully saturated rings. The molecule has 0 aliphatic rings. The Hall–Kier alpha value is -3.88. The minimum atomic E-state index is -4.62. The van der Waals surface area contributed by atoms with Gasteiger partial charge in [-0.3, -0.25) is 9.36 Å². The second-order valence-corrected chi connectivity index (χ2v) is 20.2. The molecule has 0 aromatic heterocycles. The number of amides is 1. The Balaban J connectivity index is 4.22. The number of nitrogens with zero attached hydrogens (tertiary/aromatic N) is 1. The van der Waals surface area contributed by atoms with Gasteiger partial charge in [-0.05, 0) is 116 Å². The van der Waals surface area contributed by atoms with E-state index >= 15 is 0 Å². The van der Waals surface area contributed by atoms with Crippen LogP contribution in [0.5, 0.6) is 0 Å². The molecule has 0 saturated carbocycles. The van der Waals surface area contributed by atoms with E-state index in [0.717, 1.165) is 135 Å². The molecule has 0 aromatic rings. The van der Waals surface area contributed by atoms with E-state index in [4.69, 9.17) is 9.05 Å². The average molecular weight is 1000 g/mol. The number of carbonyl (C=O) groups is 1. The molecule has 0 radical (unpaired) electrons. The molecule has 0 saturated heterocycles. The van der Waals surface area contributed by atoms with Crippen LogP contribution in [0.3, 0.4) is 0 Å². The van der Waals surface area contributed by atoms with Crippen molar-refractivity contribution in [1.29, 1.82) is 0 Å². The summed E-state index contributed by atoms with van der Waals surface area (Å²) < 4.78 is 23.2. The topological polar surface area (TPSA) is 108 Å². The lowest BCUT2D eigenvalue weighted by Gasteiger charge is -2.29. The first-order valence-electron chi connectivity index (χ1n) is 27.3. The van der Waals surface area contributed by atoms with Crippen LogP contribution in [-0.2, 0) is 18.4 Å².